The molecular weight excluding hydrogens is 450 g/mol. The molecule has 1 aromatic carbocycles. The van der Waals surface area contributed by atoms with E-state index in [-0.39, 0.29) is 36.3 Å². The van der Waals surface area contributed by atoms with Gasteiger partial charge in [0.2, 0.25) is 11.8 Å². The standard InChI is InChI=1S/C25H23N5O3S/c1-15-2-4-16(5-3-15)19-13-34-24-22(19)25(33)30(14-27-24)11-10-21(31)28-18-8-9-20(26-12-18)29-23(32)17-6-7-17/h2-5,8-9,12-14,17H,6-7,10-11H2,1H3,(H,28,31)(H,26,29,32). The van der Waals surface area contributed by atoms with Crippen LogP contribution in [0.2, 0.25) is 0 Å². The van der Waals surface area contributed by atoms with E-state index < -0.39 is 0 Å². The molecule has 5 rings (SSSR count). The number of nitrogens with one attached hydrogen (secondary N) is 2. The normalized spacial score (nSPS) is 13.1. The highest BCUT2D eigenvalue weighted by molar-refractivity contribution is 7.17. The van der Waals surface area contributed by atoms with Gasteiger partial charge in [0.25, 0.3) is 5.56 Å². The summed E-state index contributed by atoms with van der Waals surface area (Å²) in [4.78, 5) is 46.7. The van der Waals surface area contributed by atoms with E-state index in [0.717, 1.165) is 29.5 Å². The predicted octanol–water partition coefficient (Wildman–Crippen LogP) is 4.21. The lowest BCUT2D eigenvalue weighted by atomic mass is 10.1. The van der Waals surface area contributed by atoms with Gasteiger partial charge in [-0.05, 0) is 37.5 Å². The van der Waals surface area contributed by atoms with Gasteiger partial charge in [-0.2, -0.15) is 0 Å². The number of carbonyl (C=O) groups excluding carboxylic acids is 2. The number of pyridine rings is 1. The molecule has 8 nitrogen and oxygen atoms in total. The number of hydrogen-bond acceptors (Lipinski definition) is 6. The lowest BCUT2D eigenvalue weighted by Crippen LogP contribution is -2.23. The van der Waals surface area contributed by atoms with Crippen LogP contribution in [0.3, 0.4) is 0 Å². The van der Waals surface area contributed by atoms with Crippen LogP contribution in [0.25, 0.3) is 21.3 Å². The summed E-state index contributed by atoms with van der Waals surface area (Å²) < 4.78 is 1.47. The molecule has 0 radical (unpaired) electrons. The summed E-state index contributed by atoms with van der Waals surface area (Å²) in [6.45, 7) is 2.23. The number of nitrogens with zero attached hydrogens (tertiary/aromatic N) is 3. The van der Waals surface area contributed by atoms with Crippen molar-refractivity contribution < 1.29 is 9.59 Å². The Morgan fingerprint density at radius 3 is 2.59 bits per heavy atom. The fraction of sp³-hybridized carbons (Fsp3) is 0.240. The minimum Gasteiger partial charge on any atom is -0.325 e. The Bertz CT molecular complexity index is 1420. The quantitative estimate of drug-likeness (QED) is 0.418. The van der Waals surface area contributed by atoms with Crippen LogP contribution >= 0.6 is 11.3 Å². The van der Waals surface area contributed by atoms with E-state index in [1.54, 1.807) is 12.1 Å². The first kappa shape index (κ1) is 22.0. The van der Waals surface area contributed by atoms with Crippen LogP contribution in [0.1, 0.15) is 24.8 Å². The van der Waals surface area contributed by atoms with Crippen molar-refractivity contribution in [3.63, 3.8) is 0 Å². The van der Waals surface area contributed by atoms with Crippen molar-refractivity contribution in [2.45, 2.75) is 32.7 Å². The number of thiophene rings is 1. The highest BCUT2D eigenvalue weighted by atomic mass is 32.1. The maximum atomic E-state index is 13.2. The lowest BCUT2D eigenvalue weighted by molar-refractivity contribution is -0.117. The number of benzene rings is 1. The molecule has 1 aliphatic carbocycles. The fourth-order valence-electron chi connectivity index (χ4n) is 3.63. The Balaban J connectivity index is 1.24. The van der Waals surface area contributed by atoms with Gasteiger partial charge in [-0.3, -0.25) is 19.0 Å². The van der Waals surface area contributed by atoms with Gasteiger partial charge in [0, 0.05) is 29.8 Å². The third-order valence-corrected chi connectivity index (χ3v) is 6.64. The molecule has 9 heteroatoms. The molecule has 0 atom stereocenters. The van der Waals surface area contributed by atoms with E-state index >= 15 is 0 Å². The van der Waals surface area contributed by atoms with Crippen LogP contribution in [0.15, 0.2) is 59.1 Å². The van der Waals surface area contributed by atoms with Crippen molar-refractivity contribution in [2.24, 2.45) is 5.92 Å². The van der Waals surface area contributed by atoms with E-state index in [0.29, 0.717) is 21.7 Å². The molecule has 1 aliphatic rings. The maximum Gasteiger partial charge on any atom is 0.262 e. The molecule has 34 heavy (non-hydrogen) atoms. The Hall–Kier alpha value is -3.85. The summed E-state index contributed by atoms with van der Waals surface area (Å²) in [5.41, 5.74) is 3.34. The topological polar surface area (TPSA) is 106 Å². The highest BCUT2D eigenvalue weighted by Crippen LogP contribution is 2.31. The third kappa shape index (κ3) is 4.74. The second kappa shape index (κ2) is 9.18. The van der Waals surface area contributed by atoms with E-state index in [2.05, 4.69) is 20.6 Å². The number of amides is 2. The number of rotatable bonds is 7. The van der Waals surface area contributed by atoms with Crippen molar-refractivity contribution in [2.75, 3.05) is 10.6 Å². The molecule has 4 aromatic rings. The molecule has 0 saturated heterocycles. The molecule has 0 aliphatic heterocycles. The van der Waals surface area contributed by atoms with Crippen molar-refractivity contribution >= 4 is 44.9 Å². The molecule has 2 N–H and O–H groups in total. The Morgan fingerprint density at radius 1 is 1.09 bits per heavy atom. The van der Waals surface area contributed by atoms with Gasteiger partial charge in [0.05, 0.1) is 23.6 Å². The second-order valence-electron chi connectivity index (χ2n) is 8.43. The van der Waals surface area contributed by atoms with Gasteiger partial charge in [-0.1, -0.05) is 29.8 Å². The Kier molecular flexibility index (Phi) is 5.93. The number of aromatic nitrogens is 3. The van der Waals surface area contributed by atoms with E-state index in [9.17, 15) is 14.4 Å². The fourth-order valence-corrected chi connectivity index (χ4v) is 4.54. The molecule has 1 saturated carbocycles. The van der Waals surface area contributed by atoms with Crippen molar-refractivity contribution in [3.05, 3.63) is 70.2 Å². The largest absolute Gasteiger partial charge is 0.325 e. The van der Waals surface area contributed by atoms with Gasteiger partial charge >= 0.3 is 0 Å². The summed E-state index contributed by atoms with van der Waals surface area (Å²) in [6, 6.07) is 11.4. The minimum atomic E-state index is -0.243. The van der Waals surface area contributed by atoms with Gasteiger partial charge in [0.1, 0.15) is 10.6 Å². The van der Waals surface area contributed by atoms with Crippen molar-refractivity contribution in [3.8, 4) is 11.1 Å². The van der Waals surface area contributed by atoms with Crippen LogP contribution in [0, 0.1) is 12.8 Å². The van der Waals surface area contributed by atoms with Gasteiger partial charge in [0.15, 0.2) is 0 Å². The SMILES string of the molecule is Cc1ccc(-c2csc3ncn(CCC(=O)Nc4ccc(NC(=O)C5CC5)nc4)c(=O)c23)cc1. The average molecular weight is 474 g/mol. The molecule has 172 valence electrons. The first-order chi connectivity index (χ1) is 16.5. The zero-order chi connectivity index (χ0) is 23.7. The Morgan fingerprint density at radius 2 is 1.88 bits per heavy atom. The van der Waals surface area contributed by atoms with Gasteiger partial charge in [-0.25, -0.2) is 9.97 Å². The van der Waals surface area contributed by atoms with Gasteiger partial charge < -0.3 is 10.6 Å². The lowest BCUT2D eigenvalue weighted by Gasteiger charge is -2.08. The van der Waals surface area contributed by atoms with Crippen LogP contribution < -0.4 is 16.2 Å². The third-order valence-electron chi connectivity index (χ3n) is 5.75. The number of carbonyl (C=O) groups is 2. The summed E-state index contributed by atoms with van der Waals surface area (Å²) in [5.74, 6) is 0.297. The van der Waals surface area contributed by atoms with Crippen molar-refractivity contribution in [1.82, 2.24) is 14.5 Å². The molecule has 1 fully saturated rings. The first-order valence-corrected chi connectivity index (χ1v) is 12.0. The molecule has 3 aromatic heterocycles. The average Bonchev–Trinajstić information content (AvgIpc) is 3.60. The summed E-state index contributed by atoms with van der Waals surface area (Å²) in [6.07, 6.45) is 4.94. The van der Waals surface area contributed by atoms with Crippen LogP contribution in [-0.4, -0.2) is 26.3 Å². The summed E-state index contributed by atoms with van der Waals surface area (Å²) in [7, 11) is 0. The second-order valence-corrected chi connectivity index (χ2v) is 9.29. The molecule has 2 amide bonds. The smallest absolute Gasteiger partial charge is 0.262 e. The molecule has 0 unspecified atom stereocenters. The van der Waals surface area contributed by atoms with Crippen LogP contribution in [0.5, 0.6) is 0 Å². The zero-order valence-electron chi connectivity index (χ0n) is 18.6. The van der Waals surface area contributed by atoms with E-state index in [4.69, 9.17) is 0 Å². The number of hydrogen-bond donors (Lipinski definition) is 2. The van der Waals surface area contributed by atoms with Crippen molar-refractivity contribution in [1.29, 1.82) is 0 Å². The molecule has 3 heterocycles. The monoisotopic (exact) mass is 473 g/mol. The Labute approximate surface area is 199 Å². The summed E-state index contributed by atoms with van der Waals surface area (Å²) >= 11 is 1.43. The zero-order valence-corrected chi connectivity index (χ0v) is 19.4. The number of anilines is 2. The minimum absolute atomic E-state index is 0.0172. The molecule has 0 spiro atoms. The van der Waals surface area contributed by atoms with E-state index in [1.807, 2.05) is 36.6 Å². The van der Waals surface area contributed by atoms with Crippen LogP contribution in [-0.2, 0) is 16.1 Å². The summed E-state index contributed by atoms with van der Waals surface area (Å²) in [5, 5.41) is 8.06. The maximum absolute atomic E-state index is 13.2. The highest BCUT2D eigenvalue weighted by Gasteiger charge is 2.29. The first-order valence-electron chi connectivity index (χ1n) is 11.1. The van der Waals surface area contributed by atoms with E-state index in [1.165, 1.54) is 28.4 Å². The molecular formula is C25H23N5O3S. The predicted molar refractivity (Wildman–Crippen MR) is 133 cm³/mol. The molecule has 0 bridgehead atoms. The number of fused-ring (bicyclic) bond motifs is 1. The van der Waals surface area contributed by atoms with Gasteiger partial charge in [-0.15, -0.1) is 11.3 Å². The number of aryl methyl sites for hydroxylation is 2. The van der Waals surface area contributed by atoms with Crippen LogP contribution in [0.4, 0.5) is 11.5 Å².